The van der Waals surface area contributed by atoms with E-state index in [4.69, 9.17) is 0 Å². The molecule has 1 aromatic carbocycles. The van der Waals surface area contributed by atoms with Crippen LogP contribution in [0.5, 0.6) is 0 Å². The van der Waals surface area contributed by atoms with Crippen LogP contribution in [0.15, 0.2) is 41.3 Å². The standard InChI is InChI=1S/C22H25N5O2/c1-4-27-20-17(6-5-9-23-20)24-19(22(27)29)21(28)26-12-10-25(11-13-26)18-14-15(2)7-8-16(18)3/h5-9,14H,4,10-13H2,1-3H3. The summed E-state index contributed by atoms with van der Waals surface area (Å²) in [6.45, 7) is 9.08. The van der Waals surface area contributed by atoms with Crippen molar-refractivity contribution in [2.24, 2.45) is 0 Å². The number of aryl methyl sites for hydroxylation is 3. The summed E-state index contributed by atoms with van der Waals surface area (Å²) in [5, 5.41) is 0. The minimum atomic E-state index is -0.374. The molecule has 0 N–H and O–H groups in total. The van der Waals surface area contributed by atoms with E-state index >= 15 is 0 Å². The van der Waals surface area contributed by atoms with Gasteiger partial charge in [-0.1, -0.05) is 12.1 Å². The number of amides is 1. The van der Waals surface area contributed by atoms with E-state index in [0.29, 0.717) is 30.8 Å². The van der Waals surface area contributed by atoms with E-state index in [9.17, 15) is 9.59 Å². The lowest BCUT2D eigenvalue weighted by Gasteiger charge is -2.36. The molecule has 2 aromatic heterocycles. The van der Waals surface area contributed by atoms with Gasteiger partial charge in [-0.15, -0.1) is 0 Å². The van der Waals surface area contributed by atoms with Crippen molar-refractivity contribution >= 4 is 22.8 Å². The molecule has 1 saturated heterocycles. The first-order chi connectivity index (χ1) is 14.0. The molecular weight excluding hydrogens is 366 g/mol. The van der Waals surface area contributed by atoms with Crippen molar-refractivity contribution in [1.82, 2.24) is 19.4 Å². The van der Waals surface area contributed by atoms with Gasteiger partial charge in [-0.05, 0) is 50.1 Å². The number of carbonyl (C=O) groups is 1. The number of aromatic nitrogens is 3. The number of anilines is 1. The molecule has 4 rings (SSSR count). The van der Waals surface area contributed by atoms with Crippen LogP contribution >= 0.6 is 0 Å². The summed E-state index contributed by atoms with van der Waals surface area (Å²) < 4.78 is 1.52. The summed E-state index contributed by atoms with van der Waals surface area (Å²) in [4.78, 5) is 38.6. The van der Waals surface area contributed by atoms with Gasteiger partial charge in [0.05, 0.1) is 0 Å². The van der Waals surface area contributed by atoms with Crippen LogP contribution in [0.1, 0.15) is 28.5 Å². The van der Waals surface area contributed by atoms with Gasteiger partial charge in [0.15, 0.2) is 11.3 Å². The van der Waals surface area contributed by atoms with Gasteiger partial charge >= 0.3 is 0 Å². The number of pyridine rings is 1. The zero-order valence-corrected chi connectivity index (χ0v) is 17.1. The Morgan fingerprint density at radius 1 is 1.10 bits per heavy atom. The summed E-state index contributed by atoms with van der Waals surface area (Å²) in [6.07, 6.45) is 1.63. The summed E-state index contributed by atoms with van der Waals surface area (Å²) >= 11 is 0. The minimum absolute atomic E-state index is 0.0208. The van der Waals surface area contributed by atoms with E-state index in [1.165, 1.54) is 21.4 Å². The number of benzene rings is 1. The van der Waals surface area contributed by atoms with Crippen molar-refractivity contribution in [3.8, 4) is 0 Å². The molecule has 0 radical (unpaired) electrons. The Bertz CT molecular complexity index is 1130. The predicted octanol–water partition coefficient (Wildman–Crippen LogP) is 2.39. The molecule has 7 nitrogen and oxygen atoms in total. The Balaban J connectivity index is 1.58. The fourth-order valence-corrected chi connectivity index (χ4v) is 3.87. The summed E-state index contributed by atoms with van der Waals surface area (Å²) in [5.74, 6) is -0.302. The van der Waals surface area contributed by atoms with Crippen LogP contribution in [-0.2, 0) is 6.54 Å². The molecule has 150 valence electrons. The highest BCUT2D eigenvalue weighted by molar-refractivity contribution is 5.93. The molecule has 3 heterocycles. The van der Waals surface area contributed by atoms with Gasteiger partial charge in [-0.3, -0.25) is 14.2 Å². The molecule has 0 atom stereocenters. The van der Waals surface area contributed by atoms with Crippen LogP contribution in [0.2, 0.25) is 0 Å². The molecule has 0 unspecified atom stereocenters. The quantitative estimate of drug-likeness (QED) is 0.686. The number of fused-ring (bicyclic) bond motifs is 1. The second kappa shape index (κ2) is 7.66. The molecule has 0 saturated carbocycles. The number of piperazine rings is 1. The molecule has 1 aliphatic heterocycles. The maximum atomic E-state index is 13.1. The van der Waals surface area contributed by atoms with Crippen LogP contribution in [0.4, 0.5) is 5.69 Å². The summed E-state index contributed by atoms with van der Waals surface area (Å²) in [7, 11) is 0. The molecule has 1 aliphatic rings. The third-order valence-electron chi connectivity index (χ3n) is 5.49. The second-order valence-corrected chi connectivity index (χ2v) is 7.43. The first kappa shape index (κ1) is 19.1. The smallest absolute Gasteiger partial charge is 0.283 e. The summed E-state index contributed by atoms with van der Waals surface area (Å²) in [6, 6.07) is 9.96. The topological polar surface area (TPSA) is 71.3 Å². The van der Waals surface area contributed by atoms with Gasteiger partial charge in [0.2, 0.25) is 0 Å². The van der Waals surface area contributed by atoms with E-state index < -0.39 is 0 Å². The van der Waals surface area contributed by atoms with Crippen molar-refractivity contribution < 1.29 is 4.79 Å². The first-order valence-corrected chi connectivity index (χ1v) is 9.96. The lowest BCUT2D eigenvalue weighted by atomic mass is 10.1. The van der Waals surface area contributed by atoms with Gasteiger partial charge < -0.3 is 9.80 Å². The number of nitrogens with zero attached hydrogens (tertiary/aromatic N) is 5. The second-order valence-electron chi connectivity index (χ2n) is 7.43. The van der Waals surface area contributed by atoms with Crippen molar-refractivity contribution in [1.29, 1.82) is 0 Å². The fraction of sp³-hybridized carbons (Fsp3) is 0.364. The van der Waals surface area contributed by atoms with Gasteiger partial charge in [0, 0.05) is 44.6 Å². The van der Waals surface area contributed by atoms with Crippen LogP contribution in [0.3, 0.4) is 0 Å². The Labute approximate surface area is 169 Å². The van der Waals surface area contributed by atoms with E-state index in [0.717, 1.165) is 13.1 Å². The zero-order chi connectivity index (χ0) is 20.5. The highest BCUT2D eigenvalue weighted by atomic mass is 16.2. The third-order valence-corrected chi connectivity index (χ3v) is 5.49. The van der Waals surface area contributed by atoms with Crippen molar-refractivity contribution in [3.05, 3.63) is 63.7 Å². The van der Waals surface area contributed by atoms with Crippen LogP contribution in [0.25, 0.3) is 11.2 Å². The van der Waals surface area contributed by atoms with Gasteiger partial charge in [0.25, 0.3) is 11.5 Å². The molecule has 0 spiro atoms. The average molecular weight is 391 g/mol. The molecule has 29 heavy (non-hydrogen) atoms. The zero-order valence-electron chi connectivity index (χ0n) is 17.1. The van der Waals surface area contributed by atoms with Crippen molar-refractivity contribution in [2.75, 3.05) is 31.1 Å². The lowest BCUT2D eigenvalue weighted by molar-refractivity contribution is 0.0738. The number of hydrogen-bond donors (Lipinski definition) is 0. The van der Waals surface area contributed by atoms with Crippen LogP contribution < -0.4 is 10.5 Å². The molecular formula is C22H25N5O2. The van der Waals surface area contributed by atoms with E-state index in [1.54, 1.807) is 23.2 Å². The Kier molecular flexibility index (Phi) is 5.05. The maximum Gasteiger partial charge on any atom is 0.283 e. The monoisotopic (exact) mass is 391 g/mol. The van der Waals surface area contributed by atoms with Crippen molar-refractivity contribution in [2.45, 2.75) is 27.3 Å². The fourth-order valence-electron chi connectivity index (χ4n) is 3.87. The molecule has 7 heteroatoms. The number of hydrogen-bond acceptors (Lipinski definition) is 5. The average Bonchev–Trinajstić information content (AvgIpc) is 2.75. The van der Waals surface area contributed by atoms with Crippen molar-refractivity contribution in [3.63, 3.8) is 0 Å². The molecule has 0 bridgehead atoms. The Morgan fingerprint density at radius 3 is 2.59 bits per heavy atom. The van der Waals surface area contributed by atoms with Gasteiger partial charge in [-0.2, -0.15) is 0 Å². The maximum absolute atomic E-state index is 13.1. The normalized spacial score (nSPS) is 14.4. The highest BCUT2D eigenvalue weighted by Gasteiger charge is 2.27. The minimum Gasteiger partial charge on any atom is -0.368 e. The van der Waals surface area contributed by atoms with Crippen LogP contribution in [-0.4, -0.2) is 51.5 Å². The molecule has 0 aliphatic carbocycles. The van der Waals surface area contributed by atoms with Crippen LogP contribution in [0, 0.1) is 13.8 Å². The highest BCUT2D eigenvalue weighted by Crippen LogP contribution is 2.23. The molecule has 3 aromatic rings. The Morgan fingerprint density at radius 2 is 1.86 bits per heavy atom. The predicted molar refractivity (Wildman–Crippen MR) is 114 cm³/mol. The van der Waals surface area contributed by atoms with E-state index in [-0.39, 0.29) is 17.2 Å². The molecule has 1 fully saturated rings. The number of carbonyl (C=O) groups excluding carboxylic acids is 1. The molecule has 1 amide bonds. The van der Waals surface area contributed by atoms with E-state index in [2.05, 4.69) is 46.9 Å². The van der Waals surface area contributed by atoms with Gasteiger partial charge in [0.1, 0.15) is 5.52 Å². The number of rotatable bonds is 3. The SMILES string of the molecule is CCn1c(=O)c(C(=O)N2CCN(c3cc(C)ccc3C)CC2)nc2cccnc21. The van der Waals surface area contributed by atoms with E-state index in [1.807, 2.05) is 6.92 Å². The third kappa shape index (κ3) is 3.48. The summed E-state index contributed by atoms with van der Waals surface area (Å²) in [5.41, 5.74) is 4.33. The largest absolute Gasteiger partial charge is 0.368 e. The lowest BCUT2D eigenvalue weighted by Crippen LogP contribution is -2.50. The first-order valence-electron chi connectivity index (χ1n) is 9.96. The Hall–Kier alpha value is -3.22. The van der Waals surface area contributed by atoms with Gasteiger partial charge in [-0.25, -0.2) is 9.97 Å².